The lowest BCUT2D eigenvalue weighted by molar-refractivity contribution is 0.0698. The van der Waals surface area contributed by atoms with Crippen LogP contribution in [0.3, 0.4) is 0 Å². The Hall–Kier alpha value is -1.75. The predicted molar refractivity (Wildman–Crippen MR) is 81.5 cm³/mol. The number of anilines is 2. The molecule has 0 heterocycles. The molecule has 0 aliphatic rings. The van der Waals surface area contributed by atoms with Crippen molar-refractivity contribution >= 4 is 17.3 Å². The van der Waals surface area contributed by atoms with Crippen LogP contribution in [0.1, 0.15) is 29.8 Å². The van der Waals surface area contributed by atoms with Crippen molar-refractivity contribution in [1.82, 2.24) is 0 Å². The average Bonchev–Trinajstić information content (AvgIpc) is 2.36. The molecule has 0 aliphatic carbocycles. The van der Waals surface area contributed by atoms with Crippen molar-refractivity contribution in [3.8, 4) is 0 Å². The zero-order valence-electron chi connectivity index (χ0n) is 12.6. The fourth-order valence-electron chi connectivity index (χ4n) is 2.11. The summed E-state index contributed by atoms with van der Waals surface area (Å²) in [6.45, 7) is 8.24. The van der Waals surface area contributed by atoms with Gasteiger partial charge in [-0.05, 0) is 30.5 Å². The van der Waals surface area contributed by atoms with E-state index < -0.39 is 5.97 Å². The van der Waals surface area contributed by atoms with Crippen LogP contribution in [0.5, 0.6) is 0 Å². The fourth-order valence-corrected chi connectivity index (χ4v) is 2.11. The highest BCUT2D eigenvalue weighted by molar-refractivity contribution is 5.95. The standard InChI is InChI=1S/C15H24N2O3/c1-10(2)9-17(5-6-20-4)12-7-11(3)14(16)13(8-12)15(18)19/h7-8,10H,5-6,9,16H2,1-4H3,(H,18,19). The summed E-state index contributed by atoms with van der Waals surface area (Å²) in [5, 5.41) is 9.23. The van der Waals surface area contributed by atoms with Gasteiger partial charge in [0.2, 0.25) is 0 Å². The van der Waals surface area contributed by atoms with Crippen LogP contribution in [0.4, 0.5) is 11.4 Å². The zero-order chi connectivity index (χ0) is 15.3. The summed E-state index contributed by atoms with van der Waals surface area (Å²) in [7, 11) is 1.66. The number of aromatic carboxylic acids is 1. The first-order valence-electron chi connectivity index (χ1n) is 6.74. The third-order valence-corrected chi connectivity index (χ3v) is 3.12. The molecule has 5 nitrogen and oxygen atoms in total. The first-order chi connectivity index (χ1) is 9.36. The first kappa shape index (κ1) is 16.3. The van der Waals surface area contributed by atoms with E-state index in [-0.39, 0.29) is 5.56 Å². The van der Waals surface area contributed by atoms with Crippen molar-refractivity contribution < 1.29 is 14.6 Å². The monoisotopic (exact) mass is 280 g/mol. The number of nitrogens with zero attached hydrogens (tertiary/aromatic N) is 1. The molecule has 0 radical (unpaired) electrons. The molecule has 1 rings (SSSR count). The van der Waals surface area contributed by atoms with E-state index in [0.29, 0.717) is 18.2 Å². The third kappa shape index (κ3) is 4.13. The number of carbonyl (C=O) groups is 1. The van der Waals surface area contributed by atoms with E-state index in [1.54, 1.807) is 13.2 Å². The van der Waals surface area contributed by atoms with Crippen molar-refractivity contribution in [2.24, 2.45) is 5.92 Å². The van der Waals surface area contributed by atoms with Crippen LogP contribution in [-0.4, -0.2) is 37.9 Å². The van der Waals surface area contributed by atoms with E-state index >= 15 is 0 Å². The number of methoxy groups -OCH3 is 1. The van der Waals surface area contributed by atoms with E-state index in [1.165, 1.54) is 0 Å². The van der Waals surface area contributed by atoms with Gasteiger partial charge in [-0.25, -0.2) is 4.79 Å². The third-order valence-electron chi connectivity index (χ3n) is 3.12. The van der Waals surface area contributed by atoms with Crippen LogP contribution in [-0.2, 0) is 4.74 Å². The highest BCUT2D eigenvalue weighted by Crippen LogP contribution is 2.26. The Morgan fingerprint density at radius 1 is 1.45 bits per heavy atom. The van der Waals surface area contributed by atoms with Crippen molar-refractivity contribution in [2.45, 2.75) is 20.8 Å². The van der Waals surface area contributed by atoms with Gasteiger partial charge in [-0.2, -0.15) is 0 Å². The summed E-state index contributed by atoms with van der Waals surface area (Å²) in [5.41, 5.74) is 7.98. The van der Waals surface area contributed by atoms with Crippen LogP contribution >= 0.6 is 0 Å². The van der Waals surface area contributed by atoms with Gasteiger partial charge in [0.15, 0.2) is 0 Å². The van der Waals surface area contributed by atoms with E-state index in [2.05, 4.69) is 18.7 Å². The van der Waals surface area contributed by atoms with Gasteiger partial charge >= 0.3 is 5.97 Å². The molecule has 0 aromatic heterocycles. The summed E-state index contributed by atoms with van der Waals surface area (Å²) in [5.74, 6) is -0.526. The summed E-state index contributed by atoms with van der Waals surface area (Å²) in [4.78, 5) is 13.4. The number of hydrogen-bond donors (Lipinski definition) is 2. The molecule has 1 aromatic carbocycles. The van der Waals surface area contributed by atoms with Crippen LogP contribution in [0.25, 0.3) is 0 Å². The Morgan fingerprint density at radius 2 is 2.10 bits per heavy atom. The molecule has 0 spiro atoms. The van der Waals surface area contributed by atoms with E-state index in [0.717, 1.165) is 24.3 Å². The Kier molecular flexibility index (Phi) is 5.82. The molecule has 0 unspecified atom stereocenters. The number of ether oxygens (including phenoxy) is 1. The lowest BCUT2D eigenvalue weighted by Gasteiger charge is -2.27. The summed E-state index contributed by atoms with van der Waals surface area (Å²) < 4.78 is 5.12. The Balaban J connectivity index is 3.15. The van der Waals surface area contributed by atoms with Crippen LogP contribution in [0.15, 0.2) is 12.1 Å². The molecule has 5 heteroatoms. The second-order valence-electron chi connectivity index (χ2n) is 5.36. The van der Waals surface area contributed by atoms with Gasteiger partial charge < -0.3 is 20.5 Å². The molecule has 0 aliphatic heterocycles. The minimum atomic E-state index is -0.997. The van der Waals surface area contributed by atoms with Gasteiger partial charge in [0.25, 0.3) is 0 Å². The molecule has 0 saturated heterocycles. The predicted octanol–water partition coefficient (Wildman–Crippen LogP) is 2.38. The van der Waals surface area contributed by atoms with Gasteiger partial charge in [0, 0.05) is 31.6 Å². The molecule has 0 fully saturated rings. The molecule has 0 saturated carbocycles. The largest absolute Gasteiger partial charge is 0.478 e. The Labute approximate surface area is 120 Å². The minimum absolute atomic E-state index is 0.158. The lowest BCUT2D eigenvalue weighted by atomic mass is 10.1. The van der Waals surface area contributed by atoms with Crippen molar-refractivity contribution in [3.63, 3.8) is 0 Å². The lowest BCUT2D eigenvalue weighted by Crippen LogP contribution is -2.31. The SMILES string of the molecule is COCCN(CC(C)C)c1cc(C)c(N)c(C(=O)O)c1. The highest BCUT2D eigenvalue weighted by atomic mass is 16.5. The van der Waals surface area contributed by atoms with E-state index in [4.69, 9.17) is 10.5 Å². The molecular weight excluding hydrogens is 256 g/mol. The van der Waals surface area contributed by atoms with Gasteiger partial charge in [-0.3, -0.25) is 0 Å². The number of benzene rings is 1. The molecule has 1 aromatic rings. The maximum Gasteiger partial charge on any atom is 0.337 e. The highest BCUT2D eigenvalue weighted by Gasteiger charge is 2.16. The van der Waals surface area contributed by atoms with E-state index in [9.17, 15) is 9.90 Å². The van der Waals surface area contributed by atoms with Gasteiger partial charge in [0.1, 0.15) is 0 Å². The quantitative estimate of drug-likeness (QED) is 0.750. The number of carboxylic acids is 1. The second kappa shape index (κ2) is 7.14. The molecule has 0 bridgehead atoms. The number of nitrogens with two attached hydrogens (primary N) is 1. The maximum absolute atomic E-state index is 11.3. The number of hydrogen-bond acceptors (Lipinski definition) is 4. The van der Waals surface area contributed by atoms with Gasteiger partial charge in [-0.1, -0.05) is 13.8 Å². The number of nitrogen functional groups attached to an aromatic ring is 1. The topological polar surface area (TPSA) is 75.8 Å². The maximum atomic E-state index is 11.3. The molecule has 112 valence electrons. The summed E-state index contributed by atoms with van der Waals surface area (Å²) in [6.07, 6.45) is 0. The normalized spacial score (nSPS) is 10.8. The number of aryl methyl sites for hydroxylation is 1. The van der Waals surface area contributed by atoms with Crippen molar-refractivity contribution in [3.05, 3.63) is 23.3 Å². The van der Waals surface area contributed by atoms with Gasteiger partial charge in [0.05, 0.1) is 12.2 Å². The molecule has 20 heavy (non-hydrogen) atoms. The molecule has 0 amide bonds. The molecule has 0 atom stereocenters. The fraction of sp³-hybridized carbons (Fsp3) is 0.533. The number of carboxylic acid groups (broad SMARTS) is 1. The second-order valence-corrected chi connectivity index (χ2v) is 5.36. The summed E-state index contributed by atoms with van der Waals surface area (Å²) in [6, 6.07) is 3.57. The minimum Gasteiger partial charge on any atom is -0.478 e. The van der Waals surface area contributed by atoms with Crippen LogP contribution in [0.2, 0.25) is 0 Å². The molecular formula is C15H24N2O3. The smallest absolute Gasteiger partial charge is 0.337 e. The molecule has 3 N–H and O–H groups in total. The van der Waals surface area contributed by atoms with Crippen molar-refractivity contribution in [1.29, 1.82) is 0 Å². The first-order valence-corrected chi connectivity index (χ1v) is 6.74. The van der Waals surface area contributed by atoms with Crippen LogP contribution in [0, 0.1) is 12.8 Å². The van der Waals surface area contributed by atoms with Gasteiger partial charge in [-0.15, -0.1) is 0 Å². The number of rotatable bonds is 7. The zero-order valence-corrected chi connectivity index (χ0v) is 12.6. The van der Waals surface area contributed by atoms with Crippen molar-refractivity contribution in [2.75, 3.05) is 37.4 Å². The van der Waals surface area contributed by atoms with E-state index in [1.807, 2.05) is 13.0 Å². The Bertz CT molecular complexity index is 472. The van der Waals surface area contributed by atoms with Crippen LogP contribution < -0.4 is 10.6 Å². The Morgan fingerprint density at radius 3 is 2.60 bits per heavy atom. The summed E-state index contributed by atoms with van der Waals surface area (Å²) >= 11 is 0. The average molecular weight is 280 g/mol.